The minimum atomic E-state index is -0.137. The summed E-state index contributed by atoms with van der Waals surface area (Å²) >= 11 is 2.34. The summed E-state index contributed by atoms with van der Waals surface area (Å²) in [5.74, 6) is 2.75. The Morgan fingerprint density at radius 2 is 1.21 bits per heavy atom. The van der Waals surface area contributed by atoms with E-state index >= 15 is 0 Å². The molecule has 1 unspecified atom stereocenters. The van der Waals surface area contributed by atoms with Crippen LogP contribution in [0.2, 0.25) is 0 Å². The lowest BCUT2D eigenvalue weighted by atomic mass is 9.90. The highest BCUT2D eigenvalue weighted by atomic mass is 127. The van der Waals surface area contributed by atoms with Gasteiger partial charge in [-0.15, -0.1) is 0 Å². The van der Waals surface area contributed by atoms with Gasteiger partial charge >= 0.3 is 0 Å². The van der Waals surface area contributed by atoms with Crippen molar-refractivity contribution in [2.45, 2.75) is 44.0 Å². The first kappa shape index (κ1) is 36.3. The van der Waals surface area contributed by atoms with E-state index in [1.165, 1.54) is 0 Å². The summed E-state index contributed by atoms with van der Waals surface area (Å²) in [5.41, 5.74) is 1.87. The molecule has 0 saturated carbocycles. The standard InChI is InChI=1S/C15H21NO3.C12H15NO3.C3H7I/c1-11(2)13(10-16)12-5-6-14(15(9-12)18-4)19-8-7-17-3;1-14-7-8-16-11-4-3-10(5-6-13)9-12(11)15-2;1-3(2)4/h5-6,9,11,13H,7-8H2,1-4H3;3-4,9H,5,7-8H2,1-2H3;3H,1-2H3. The molecule has 0 aliphatic carbocycles. The fourth-order valence-electron chi connectivity index (χ4n) is 3.11. The quantitative estimate of drug-likeness (QED) is 0.135. The normalized spacial score (nSPS) is 10.7. The first-order valence-electron chi connectivity index (χ1n) is 12.7. The Kier molecular flexibility index (Phi) is 20.6. The van der Waals surface area contributed by atoms with Crippen LogP contribution in [0.3, 0.4) is 0 Å². The highest BCUT2D eigenvalue weighted by Crippen LogP contribution is 2.33. The van der Waals surface area contributed by atoms with Gasteiger partial charge in [0.25, 0.3) is 0 Å². The summed E-state index contributed by atoms with van der Waals surface area (Å²) in [5, 5.41) is 17.8. The number of rotatable bonds is 13. The molecule has 1 atom stereocenters. The first-order valence-corrected chi connectivity index (χ1v) is 13.9. The lowest BCUT2D eigenvalue weighted by molar-refractivity contribution is 0.144. The van der Waals surface area contributed by atoms with E-state index in [1.54, 1.807) is 34.5 Å². The molecule has 2 aromatic carbocycles. The monoisotopic (exact) mass is 654 g/mol. The van der Waals surface area contributed by atoms with Gasteiger partial charge in [0, 0.05) is 18.1 Å². The van der Waals surface area contributed by atoms with Crippen molar-refractivity contribution >= 4 is 22.6 Å². The van der Waals surface area contributed by atoms with Crippen molar-refractivity contribution in [3.05, 3.63) is 47.5 Å². The topological polar surface area (TPSA) is 103 Å². The lowest BCUT2D eigenvalue weighted by Crippen LogP contribution is -2.07. The molecule has 2 rings (SSSR count). The maximum Gasteiger partial charge on any atom is 0.161 e. The number of methoxy groups -OCH3 is 4. The van der Waals surface area contributed by atoms with E-state index < -0.39 is 0 Å². The van der Waals surface area contributed by atoms with E-state index in [2.05, 4.69) is 48.6 Å². The fourth-order valence-corrected chi connectivity index (χ4v) is 3.11. The Hall–Kier alpha value is -2.73. The Balaban J connectivity index is 0.000000658. The SMILES string of the molecule is CC(C)I.COCCOc1ccc(C(C#N)C(C)C)cc1OC.COCCOc1ccc(CC#N)cc1OC. The van der Waals surface area contributed by atoms with Gasteiger partial charge in [-0.05, 0) is 41.3 Å². The van der Waals surface area contributed by atoms with Gasteiger partial charge in [-0.3, -0.25) is 0 Å². The van der Waals surface area contributed by atoms with E-state index in [-0.39, 0.29) is 11.8 Å². The molecular formula is C30H43IN2O6. The number of ether oxygens (including phenoxy) is 6. The third kappa shape index (κ3) is 15.4. The molecule has 0 fully saturated rings. The van der Waals surface area contributed by atoms with Crippen LogP contribution >= 0.6 is 22.6 Å². The van der Waals surface area contributed by atoms with Gasteiger partial charge < -0.3 is 28.4 Å². The molecule has 0 aliphatic heterocycles. The number of benzene rings is 2. The van der Waals surface area contributed by atoms with Crippen molar-refractivity contribution in [2.75, 3.05) is 54.9 Å². The Bertz CT molecular complexity index is 1010. The molecule has 2 aromatic rings. The van der Waals surface area contributed by atoms with Gasteiger partial charge in [0.05, 0.1) is 51.9 Å². The van der Waals surface area contributed by atoms with Gasteiger partial charge in [0.2, 0.25) is 0 Å². The van der Waals surface area contributed by atoms with Crippen LogP contribution in [0.25, 0.3) is 0 Å². The number of hydrogen-bond acceptors (Lipinski definition) is 8. The zero-order chi connectivity index (χ0) is 29.6. The van der Waals surface area contributed by atoms with Gasteiger partial charge in [0.15, 0.2) is 23.0 Å². The summed E-state index contributed by atoms with van der Waals surface area (Å²) < 4.78 is 32.2. The summed E-state index contributed by atoms with van der Waals surface area (Å²) in [6.07, 6.45) is 0.370. The average Bonchev–Trinajstić information content (AvgIpc) is 2.90. The Morgan fingerprint density at radius 1 is 0.718 bits per heavy atom. The van der Waals surface area contributed by atoms with Crippen molar-refractivity contribution in [1.29, 1.82) is 10.5 Å². The molecule has 0 bridgehead atoms. The smallest absolute Gasteiger partial charge is 0.161 e. The van der Waals surface area contributed by atoms with Gasteiger partial charge in [0.1, 0.15) is 13.2 Å². The zero-order valence-corrected chi connectivity index (χ0v) is 26.6. The minimum Gasteiger partial charge on any atom is -0.493 e. The molecule has 0 aliphatic rings. The van der Waals surface area contributed by atoms with Crippen LogP contribution in [0, 0.1) is 28.6 Å². The summed E-state index contributed by atoms with van der Waals surface area (Å²) in [7, 11) is 6.42. The van der Waals surface area contributed by atoms with E-state index in [0.717, 1.165) is 15.1 Å². The van der Waals surface area contributed by atoms with Gasteiger partial charge in [-0.25, -0.2) is 0 Å². The molecular weight excluding hydrogens is 611 g/mol. The Morgan fingerprint density at radius 3 is 1.62 bits per heavy atom. The molecule has 0 saturated heterocycles. The predicted octanol–water partition coefficient (Wildman–Crippen LogP) is 6.60. The number of nitriles is 2. The van der Waals surface area contributed by atoms with Gasteiger partial charge in [-0.2, -0.15) is 10.5 Å². The van der Waals surface area contributed by atoms with Crippen molar-refractivity contribution in [3.63, 3.8) is 0 Å². The summed E-state index contributed by atoms with van der Waals surface area (Å²) in [6, 6.07) is 15.5. The molecule has 0 spiro atoms. The number of nitrogens with zero attached hydrogens (tertiary/aromatic N) is 2. The molecule has 216 valence electrons. The van der Waals surface area contributed by atoms with Crippen LogP contribution in [0.1, 0.15) is 44.7 Å². The molecule has 0 amide bonds. The van der Waals surface area contributed by atoms with Crippen molar-refractivity contribution < 1.29 is 28.4 Å². The molecule has 39 heavy (non-hydrogen) atoms. The number of alkyl halides is 1. The van der Waals surface area contributed by atoms with Crippen LogP contribution < -0.4 is 18.9 Å². The number of halogens is 1. The van der Waals surface area contributed by atoms with Crippen molar-refractivity contribution in [3.8, 4) is 35.1 Å². The molecule has 9 heteroatoms. The van der Waals surface area contributed by atoms with E-state index in [4.69, 9.17) is 33.7 Å². The number of hydrogen-bond donors (Lipinski definition) is 0. The third-order valence-electron chi connectivity index (χ3n) is 4.95. The predicted molar refractivity (Wildman–Crippen MR) is 162 cm³/mol. The second kappa shape index (κ2) is 22.1. The molecule has 0 radical (unpaired) electrons. The van der Waals surface area contributed by atoms with E-state index in [9.17, 15) is 5.26 Å². The maximum absolute atomic E-state index is 9.22. The highest BCUT2D eigenvalue weighted by molar-refractivity contribution is 14.1. The van der Waals surface area contributed by atoms with Gasteiger partial charge in [-0.1, -0.05) is 62.4 Å². The summed E-state index contributed by atoms with van der Waals surface area (Å²) in [6.45, 7) is 10.4. The van der Waals surface area contributed by atoms with Crippen LogP contribution in [0.4, 0.5) is 0 Å². The molecule has 0 heterocycles. The third-order valence-corrected chi connectivity index (χ3v) is 4.95. The van der Waals surface area contributed by atoms with Crippen molar-refractivity contribution in [1.82, 2.24) is 0 Å². The fraction of sp³-hybridized carbons (Fsp3) is 0.533. The lowest BCUT2D eigenvalue weighted by Gasteiger charge is -2.16. The van der Waals surface area contributed by atoms with Crippen LogP contribution in [0.15, 0.2) is 36.4 Å². The minimum absolute atomic E-state index is 0.137. The first-order chi connectivity index (χ1) is 18.7. The van der Waals surface area contributed by atoms with Crippen molar-refractivity contribution in [2.24, 2.45) is 5.92 Å². The second-order valence-corrected chi connectivity index (χ2v) is 11.3. The van der Waals surface area contributed by atoms with Crippen LogP contribution in [0.5, 0.6) is 23.0 Å². The van der Waals surface area contributed by atoms with Crippen LogP contribution in [-0.2, 0) is 15.9 Å². The second-order valence-electron chi connectivity index (χ2n) is 8.78. The van der Waals surface area contributed by atoms with E-state index in [1.807, 2.05) is 44.2 Å². The zero-order valence-electron chi connectivity index (χ0n) is 24.5. The summed E-state index contributed by atoms with van der Waals surface area (Å²) in [4.78, 5) is 0. The van der Waals surface area contributed by atoms with Crippen LogP contribution in [-0.4, -0.2) is 58.8 Å². The molecule has 8 nitrogen and oxygen atoms in total. The molecule has 0 aromatic heterocycles. The highest BCUT2D eigenvalue weighted by Gasteiger charge is 2.17. The average molecular weight is 655 g/mol. The maximum atomic E-state index is 9.22. The Labute approximate surface area is 248 Å². The largest absolute Gasteiger partial charge is 0.493 e. The molecule has 0 N–H and O–H groups in total. The van der Waals surface area contributed by atoms with E-state index in [0.29, 0.717) is 55.8 Å².